The van der Waals surface area contributed by atoms with Crippen molar-refractivity contribution in [2.75, 3.05) is 10.2 Å². The summed E-state index contributed by atoms with van der Waals surface area (Å²) in [7, 11) is 0. The second-order valence-corrected chi connectivity index (χ2v) is 6.20. The number of aromatic nitrogens is 2. The molecule has 2 unspecified atom stereocenters. The number of aryl methyl sites for hydroxylation is 1. The average Bonchev–Trinajstić information content (AvgIpc) is 2.82. The lowest BCUT2D eigenvalue weighted by Gasteiger charge is -2.24. The van der Waals surface area contributed by atoms with E-state index in [1.54, 1.807) is 0 Å². The van der Waals surface area contributed by atoms with Gasteiger partial charge in [0, 0.05) is 29.5 Å². The van der Waals surface area contributed by atoms with Crippen LogP contribution in [0.2, 0.25) is 0 Å². The fraction of sp³-hybridized carbons (Fsp3) is 0.444. The van der Waals surface area contributed by atoms with Gasteiger partial charge in [0.25, 0.3) is 0 Å². The number of nitrogens with zero attached hydrogens (tertiary/aromatic N) is 3. The molecule has 3 rings (SSSR count). The Bertz CT molecular complexity index is 668. The monoisotopic (exact) mass is 296 g/mol. The molecule has 4 heteroatoms. The van der Waals surface area contributed by atoms with Crippen LogP contribution in [0.25, 0.3) is 0 Å². The zero-order valence-corrected chi connectivity index (χ0v) is 13.8. The molecule has 4 nitrogen and oxygen atoms in total. The van der Waals surface area contributed by atoms with Gasteiger partial charge in [-0.2, -0.15) is 4.98 Å². The Morgan fingerprint density at radius 3 is 2.86 bits per heavy atom. The van der Waals surface area contributed by atoms with Crippen LogP contribution in [0.5, 0.6) is 0 Å². The molecule has 1 aromatic heterocycles. The number of rotatable bonds is 4. The molecule has 1 aliphatic rings. The largest absolute Gasteiger partial charge is 0.367 e. The quantitative estimate of drug-likeness (QED) is 0.923. The van der Waals surface area contributed by atoms with Crippen molar-refractivity contribution in [3.63, 3.8) is 0 Å². The minimum Gasteiger partial charge on any atom is -0.367 e. The second-order valence-electron chi connectivity index (χ2n) is 6.20. The van der Waals surface area contributed by atoms with Gasteiger partial charge in [-0.05, 0) is 45.2 Å². The summed E-state index contributed by atoms with van der Waals surface area (Å²) in [5.41, 5.74) is 3.60. The van der Waals surface area contributed by atoms with Crippen LogP contribution in [0.15, 0.2) is 30.3 Å². The number of anilines is 3. The highest BCUT2D eigenvalue weighted by molar-refractivity contribution is 5.67. The summed E-state index contributed by atoms with van der Waals surface area (Å²) < 4.78 is 0. The summed E-state index contributed by atoms with van der Waals surface area (Å²) >= 11 is 0. The standard InChI is InChI=1S/C18H24N4/c1-5-12(2)19-17-10-13(3)20-18(21-17)22-14(4)11-15-8-6-7-9-16(15)22/h6-10,12,14H,5,11H2,1-4H3,(H,19,20,21). The maximum absolute atomic E-state index is 4.76. The lowest BCUT2D eigenvalue weighted by atomic mass is 10.1. The molecular formula is C18H24N4. The van der Waals surface area contributed by atoms with Crippen LogP contribution in [0, 0.1) is 6.92 Å². The zero-order chi connectivity index (χ0) is 15.7. The van der Waals surface area contributed by atoms with Crippen molar-refractivity contribution >= 4 is 17.5 Å². The number of benzene rings is 1. The molecule has 0 aliphatic carbocycles. The molecule has 0 bridgehead atoms. The van der Waals surface area contributed by atoms with Crippen molar-refractivity contribution in [3.8, 4) is 0 Å². The topological polar surface area (TPSA) is 41.1 Å². The van der Waals surface area contributed by atoms with Crippen molar-refractivity contribution in [1.29, 1.82) is 0 Å². The molecule has 2 heterocycles. The lowest BCUT2D eigenvalue weighted by molar-refractivity contribution is 0.732. The molecule has 1 aromatic carbocycles. The Morgan fingerprint density at radius 2 is 2.09 bits per heavy atom. The predicted molar refractivity (Wildman–Crippen MR) is 91.9 cm³/mol. The Kier molecular flexibility index (Phi) is 4.01. The molecule has 2 atom stereocenters. The smallest absolute Gasteiger partial charge is 0.232 e. The number of nitrogens with one attached hydrogen (secondary N) is 1. The van der Waals surface area contributed by atoms with E-state index in [1.807, 2.05) is 13.0 Å². The van der Waals surface area contributed by atoms with Crippen LogP contribution in [0.1, 0.15) is 38.4 Å². The third-order valence-electron chi connectivity index (χ3n) is 4.27. The highest BCUT2D eigenvalue weighted by Gasteiger charge is 2.29. The van der Waals surface area contributed by atoms with E-state index in [0.717, 1.165) is 30.3 Å². The van der Waals surface area contributed by atoms with E-state index in [0.29, 0.717) is 12.1 Å². The van der Waals surface area contributed by atoms with E-state index in [9.17, 15) is 0 Å². The first-order valence-corrected chi connectivity index (χ1v) is 8.08. The fourth-order valence-electron chi connectivity index (χ4n) is 2.96. The van der Waals surface area contributed by atoms with Crippen molar-refractivity contribution in [2.24, 2.45) is 0 Å². The maximum Gasteiger partial charge on any atom is 0.232 e. The summed E-state index contributed by atoms with van der Waals surface area (Å²) in [6.07, 6.45) is 2.11. The summed E-state index contributed by atoms with van der Waals surface area (Å²) in [5.74, 6) is 1.71. The van der Waals surface area contributed by atoms with E-state index < -0.39 is 0 Å². The van der Waals surface area contributed by atoms with Crippen LogP contribution in [-0.4, -0.2) is 22.1 Å². The number of hydrogen-bond acceptors (Lipinski definition) is 4. The van der Waals surface area contributed by atoms with Gasteiger partial charge in [0.2, 0.25) is 5.95 Å². The molecule has 2 aromatic rings. The Labute approximate surface area is 132 Å². The van der Waals surface area contributed by atoms with Crippen LogP contribution < -0.4 is 10.2 Å². The molecule has 1 aliphatic heterocycles. The molecule has 1 N–H and O–H groups in total. The highest BCUT2D eigenvalue weighted by Crippen LogP contribution is 2.36. The Morgan fingerprint density at radius 1 is 1.32 bits per heavy atom. The number of para-hydroxylation sites is 1. The molecule has 0 amide bonds. The normalized spacial score (nSPS) is 18.2. The van der Waals surface area contributed by atoms with Gasteiger partial charge in [-0.1, -0.05) is 25.1 Å². The van der Waals surface area contributed by atoms with Crippen molar-refractivity contribution in [1.82, 2.24) is 9.97 Å². The molecular weight excluding hydrogens is 272 g/mol. The molecule has 116 valence electrons. The first kappa shape index (κ1) is 14.8. The van der Waals surface area contributed by atoms with Crippen molar-refractivity contribution < 1.29 is 0 Å². The SMILES string of the molecule is CCC(C)Nc1cc(C)nc(N2c3ccccc3CC2C)n1. The summed E-state index contributed by atoms with van der Waals surface area (Å²) in [6.45, 7) is 8.60. The van der Waals surface area contributed by atoms with Gasteiger partial charge in [-0.25, -0.2) is 4.98 Å². The minimum atomic E-state index is 0.385. The highest BCUT2D eigenvalue weighted by atomic mass is 15.3. The van der Waals surface area contributed by atoms with E-state index in [1.165, 1.54) is 11.3 Å². The third kappa shape index (κ3) is 2.78. The first-order chi connectivity index (χ1) is 10.6. The number of fused-ring (bicyclic) bond motifs is 1. The fourth-order valence-corrected chi connectivity index (χ4v) is 2.96. The summed E-state index contributed by atoms with van der Waals surface area (Å²) in [4.78, 5) is 11.7. The minimum absolute atomic E-state index is 0.385. The van der Waals surface area contributed by atoms with Gasteiger partial charge in [-0.3, -0.25) is 0 Å². The number of hydrogen-bond donors (Lipinski definition) is 1. The van der Waals surface area contributed by atoms with E-state index in [2.05, 4.69) is 60.2 Å². The van der Waals surface area contributed by atoms with Gasteiger partial charge in [0.05, 0.1) is 0 Å². The third-order valence-corrected chi connectivity index (χ3v) is 4.27. The van der Waals surface area contributed by atoms with Crippen LogP contribution in [-0.2, 0) is 6.42 Å². The Balaban J connectivity index is 1.98. The van der Waals surface area contributed by atoms with Crippen molar-refractivity contribution in [2.45, 2.75) is 52.6 Å². The maximum atomic E-state index is 4.76. The van der Waals surface area contributed by atoms with E-state index >= 15 is 0 Å². The van der Waals surface area contributed by atoms with Gasteiger partial charge in [0.15, 0.2) is 0 Å². The van der Waals surface area contributed by atoms with Crippen LogP contribution >= 0.6 is 0 Å². The predicted octanol–water partition coefficient (Wildman–Crippen LogP) is 4.08. The first-order valence-electron chi connectivity index (χ1n) is 8.08. The summed E-state index contributed by atoms with van der Waals surface area (Å²) in [5, 5.41) is 3.46. The van der Waals surface area contributed by atoms with E-state index in [4.69, 9.17) is 4.98 Å². The van der Waals surface area contributed by atoms with E-state index in [-0.39, 0.29) is 0 Å². The zero-order valence-electron chi connectivity index (χ0n) is 13.8. The van der Waals surface area contributed by atoms with Gasteiger partial charge < -0.3 is 10.2 Å². The van der Waals surface area contributed by atoms with Crippen LogP contribution in [0.4, 0.5) is 17.5 Å². The molecule has 0 spiro atoms. The van der Waals surface area contributed by atoms with Crippen molar-refractivity contribution in [3.05, 3.63) is 41.6 Å². The molecule has 0 fully saturated rings. The Hall–Kier alpha value is -2.10. The second kappa shape index (κ2) is 5.95. The average molecular weight is 296 g/mol. The molecule has 0 radical (unpaired) electrons. The molecule has 0 saturated heterocycles. The molecule has 0 saturated carbocycles. The van der Waals surface area contributed by atoms with Gasteiger partial charge in [0.1, 0.15) is 5.82 Å². The molecule has 22 heavy (non-hydrogen) atoms. The van der Waals surface area contributed by atoms with Gasteiger partial charge in [-0.15, -0.1) is 0 Å². The van der Waals surface area contributed by atoms with Gasteiger partial charge >= 0.3 is 0 Å². The lowest BCUT2D eigenvalue weighted by Crippen LogP contribution is -2.26. The summed E-state index contributed by atoms with van der Waals surface area (Å²) in [6, 6.07) is 11.3. The van der Waals surface area contributed by atoms with Crippen LogP contribution in [0.3, 0.4) is 0 Å².